The maximum Gasteiger partial charge on any atom is 0.242 e. The highest BCUT2D eigenvalue weighted by molar-refractivity contribution is 6.14. The number of nitrogens with one attached hydrogen (secondary N) is 1. The lowest BCUT2D eigenvalue weighted by Gasteiger charge is -2.30. The summed E-state index contributed by atoms with van der Waals surface area (Å²) >= 11 is 0. The Hall–Kier alpha value is -2.83. The minimum Gasteiger partial charge on any atom is -0.323 e. The van der Waals surface area contributed by atoms with Crippen LogP contribution in [-0.2, 0) is 9.59 Å². The Morgan fingerprint density at radius 1 is 1.00 bits per heavy atom. The van der Waals surface area contributed by atoms with E-state index in [1.165, 1.54) is 18.7 Å². The number of anilines is 2. The molecule has 7 heteroatoms. The zero-order chi connectivity index (χ0) is 19.5. The van der Waals surface area contributed by atoms with Gasteiger partial charge in [-0.25, -0.2) is 13.2 Å². The molecule has 0 aliphatic rings. The fraction of sp³-hybridized carbons (Fsp3) is 0.263. The molecule has 2 aromatic carbocycles. The molecule has 0 aliphatic heterocycles. The molecular weight excluding hydrogens is 345 g/mol. The number of halogens is 3. The zero-order valence-electron chi connectivity index (χ0n) is 14.6. The number of carbonyl (C=O) groups excluding carboxylic acids is 2. The topological polar surface area (TPSA) is 49.4 Å². The summed E-state index contributed by atoms with van der Waals surface area (Å²) < 4.78 is 40.1. The average Bonchev–Trinajstić information content (AvgIpc) is 2.63. The molecular formula is C19H19F3N2O2. The van der Waals surface area contributed by atoms with E-state index in [0.717, 1.165) is 6.07 Å². The van der Waals surface area contributed by atoms with Gasteiger partial charge in [-0.15, -0.1) is 0 Å². The van der Waals surface area contributed by atoms with E-state index in [2.05, 4.69) is 5.32 Å². The molecule has 0 saturated heterocycles. The van der Waals surface area contributed by atoms with Crippen LogP contribution in [0.4, 0.5) is 24.5 Å². The maximum absolute atomic E-state index is 13.8. The van der Waals surface area contributed by atoms with Gasteiger partial charge in [0, 0.05) is 12.2 Å². The fourth-order valence-corrected chi connectivity index (χ4v) is 2.39. The number of hydrogen-bond acceptors (Lipinski definition) is 2. The minimum absolute atomic E-state index is 0.319. The highest BCUT2D eigenvalue weighted by Gasteiger charge is 2.39. The Balaban J connectivity index is 2.26. The molecule has 26 heavy (non-hydrogen) atoms. The SMILES string of the molecule is CCN(C(=O)C(C)(C)C(=O)Nc1ccc(F)c(F)c1F)c1ccccc1. The van der Waals surface area contributed by atoms with Crippen molar-refractivity contribution in [3.05, 3.63) is 59.9 Å². The predicted molar refractivity (Wildman–Crippen MR) is 93.2 cm³/mol. The summed E-state index contributed by atoms with van der Waals surface area (Å²) in [5.41, 5.74) is -1.49. The van der Waals surface area contributed by atoms with Crippen molar-refractivity contribution >= 4 is 23.2 Å². The van der Waals surface area contributed by atoms with E-state index in [1.54, 1.807) is 37.3 Å². The van der Waals surface area contributed by atoms with E-state index in [1.807, 2.05) is 0 Å². The Morgan fingerprint density at radius 2 is 1.62 bits per heavy atom. The van der Waals surface area contributed by atoms with Crippen LogP contribution in [0.5, 0.6) is 0 Å². The molecule has 0 saturated carbocycles. The molecule has 1 N–H and O–H groups in total. The molecule has 0 spiro atoms. The quantitative estimate of drug-likeness (QED) is 0.641. The number of benzene rings is 2. The lowest BCUT2D eigenvalue weighted by Crippen LogP contribution is -2.47. The van der Waals surface area contributed by atoms with Crippen molar-refractivity contribution in [2.45, 2.75) is 20.8 Å². The molecule has 2 rings (SSSR count). The summed E-state index contributed by atoms with van der Waals surface area (Å²) in [6.45, 7) is 4.84. The molecule has 2 amide bonds. The first kappa shape index (κ1) is 19.5. The van der Waals surface area contributed by atoms with E-state index in [-0.39, 0.29) is 0 Å². The summed E-state index contributed by atoms with van der Waals surface area (Å²) in [5.74, 6) is -5.91. The molecule has 138 valence electrons. The first-order chi connectivity index (χ1) is 12.2. The van der Waals surface area contributed by atoms with E-state index in [4.69, 9.17) is 0 Å². The summed E-state index contributed by atoms with van der Waals surface area (Å²) in [6, 6.07) is 10.4. The Bertz CT molecular complexity index is 823. The lowest BCUT2D eigenvalue weighted by atomic mass is 9.89. The number of amides is 2. The second-order valence-electron chi connectivity index (χ2n) is 6.19. The van der Waals surface area contributed by atoms with Gasteiger partial charge in [0.25, 0.3) is 0 Å². The third-order valence-corrected chi connectivity index (χ3v) is 4.01. The third-order valence-electron chi connectivity index (χ3n) is 4.01. The standard InChI is InChI=1S/C19H19F3N2O2/c1-4-24(12-8-6-5-7-9-12)18(26)19(2,3)17(25)23-14-11-10-13(20)15(21)16(14)22/h5-11H,4H2,1-3H3,(H,23,25). The summed E-state index contributed by atoms with van der Waals surface area (Å²) in [5, 5.41) is 2.16. The fourth-order valence-electron chi connectivity index (χ4n) is 2.39. The lowest BCUT2D eigenvalue weighted by molar-refractivity contribution is -0.136. The van der Waals surface area contributed by atoms with Gasteiger partial charge in [-0.05, 0) is 45.0 Å². The Kier molecular flexibility index (Phi) is 5.69. The highest BCUT2D eigenvalue weighted by atomic mass is 19.2. The molecule has 0 fully saturated rings. The first-order valence-electron chi connectivity index (χ1n) is 8.02. The molecule has 0 aromatic heterocycles. The van der Waals surface area contributed by atoms with Crippen LogP contribution in [-0.4, -0.2) is 18.4 Å². The third kappa shape index (κ3) is 3.71. The molecule has 4 nitrogen and oxygen atoms in total. The molecule has 0 radical (unpaired) electrons. The smallest absolute Gasteiger partial charge is 0.242 e. The van der Waals surface area contributed by atoms with Gasteiger partial charge < -0.3 is 10.2 Å². The number of rotatable bonds is 5. The number of nitrogens with zero attached hydrogens (tertiary/aromatic N) is 1. The monoisotopic (exact) mass is 364 g/mol. The van der Waals surface area contributed by atoms with Crippen molar-refractivity contribution in [1.82, 2.24) is 0 Å². The molecule has 0 atom stereocenters. The molecule has 0 aliphatic carbocycles. The summed E-state index contributed by atoms with van der Waals surface area (Å²) in [6.07, 6.45) is 0. The van der Waals surface area contributed by atoms with Crippen LogP contribution in [0.2, 0.25) is 0 Å². The average molecular weight is 364 g/mol. The van der Waals surface area contributed by atoms with Crippen LogP contribution >= 0.6 is 0 Å². The van der Waals surface area contributed by atoms with Gasteiger partial charge in [-0.2, -0.15) is 0 Å². The number of hydrogen-bond donors (Lipinski definition) is 1. The van der Waals surface area contributed by atoms with Gasteiger partial charge >= 0.3 is 0 Å². The predicted octanol–water partition coefficient (Wildman–Crippen LogP) is 4.12. The normalized spacial score (nSPS) is 11.2. The number of carbonyl (C=O) groups is 2. The van der Waals surface area contributed by atoms with Crippen LogP contribution in [0.3, 0.4) is 0 Å². The van der Waals surface area contributed by atoms with E-state index < -0.39 is 40.4 Å². The van der Waals surface area contributed by atoms with Crippen LogP contribution in [0.25, 0.3) is 0 Å². The van der Waals surface area contributed by atoms with Crippen LogP contribution in [0.1, 0.15) is 20.8 Å². The van der Waals surface area contributed by atoms with Gasteiger partial charge in [-0.1, -0.05) is 18.2 Å². The summed E-state index contributed by atoms with van der Waals surface area (Å²) in [4.78, 5) is 26.8. The second-order valence-corrected chi connectivity index (χ2v) is 6.19. The summed E-state index contributed by atoms with van der Waals surface area (Å²) in [7, 11) is 0. The number of para-hydroxylation sites is 1. The van der Waals surface area contributed by atoms with E-state index in [9.17, 15) is 22.8 Å². The first-order valence-corrected chi connectivity index (χ1v) is 8.02. The van der Waals surface area contributed by atoms with Crippen molar-refractivity contribution in [1.29, 1.82) is 0 Å². The van der Waals surface area contributed by atoms with Crippen molar-refractivity contribution in [3.63, 3.8) is 0 Å². The molecule has 0 unspecified atom stereocenters. The Morgan fingerprint density at radius 3 is 2.19 bits per heavy atom. The minimum atomic E-state index is -1.69. The van der Waals surface area contributed by atoms with Crippen molar-refractivity contribution in [2.24, 2.45) is 5.41 Å². The largest absolute Gasteiger partial charge is 0.323 e. The molecule has 0 heterocycles. The maximum atomic E-state index is 13.8. The van der Waals surface area contributed by atoms with Gasteiger partial charge in [0.2, 0.25) is 11.8 Å². The van der Waals surface area contributed by atoms with E-state index >= 15 is 0 Å². The van der Waals surface area contributed by atoms with Crippen LogP contribution in [0.15, 0.2) is 42.5 Å². The molecule has 0 bridgehead atoms. The van der Waals surface area contributed by atoms with Gasteiger partial charge in [0.05, 0.1) is 5.69 Å². The second kappa shape index (κ2) is 7.59. The van der Waals surface area contributed by atoms with Crippen molar-refractivity contribution < 1.29 is 22.8 Å². The van der Waals surface area contributed by atoms with E-state index in [0.29, 0.717) is 18.3 Å². The van der Waals surface area contributed by atoms with Gasteiger partial charge in [-0.3, -0.25) is 9.59 Å². The van der Waals surface area contributed by atoms with Crippen LogP contribution in [0, 0.1) is 22.9 Å². The zero-order valence-corrected chi connectivity index (χ0v) is 14.6. The van der Waals surface area contributed by atoms with Crippen molar-refractivity contribution in [3.8, 4) is 0 Å². The van der Waals surface area contributed by atoms with Gasteiger partial charge in [0.15, 0.2) is 17.5 Å². The Labute approximate surface area is 149 Å². The van der Waals surface area contributed by atoms with Crippen LogP contribution < -0.4 is 10.2 Å². The highest BCUT2D eigenvalue weighted by Crippen LogP contribution is 2.27. The van der Waals surface area contributed by atoms with Crippen molar-refractivity contribution in [2.75, 3.05) is 16.8 Å². The van der Waals surface area contributed by atoms with Gasteiger partial charge in [0.1, 0.15) is 5.41 Å². The molecule has 2 aromatic rings.